The predicted molar refractivity (Wildman–Crippen MR) is 118 cm³/mol. The minimum atomic E-state index is -3.75. The number of rotatable bonds is 4. The Balaban J connectivity index is 1.31. The summed E-state index contributed by atoms with van der Waals surface area (Å²) in [5.41, 5.74) is 0.699. The van der Waals surface area contributed by atoms with Gasteiger partial charge in [0.05, 0.1) is 24.9 Å². The number of alkyl halides is 2. The normalized spacial score (nSPS) is 28.1. The van der Waals surface area contributed by atoms with Crippen molar-refractivity contribution in [2.45, 2.75) is 56.6 Å². The summed E-state index contributed by atoms with van der Waals surface area (Å²) in [6, 6.07) is 9.52. The van der Waals surface area contributed by atoms with Crippen molar-refractivity contribution in [3.8, 4) is 17.2 Å². The highest BCUT2D eigenvalue weighted by Crippen LogP contribution is 2.50. The molecule has 10 heteroatoms. The van der Waals surface area contributed by atoms with Crippen molar-refractivity contribution in [2.75, 3.05) is 13.7 Å². The molecule has 0 saturated carbocycles. The topological polar surface area (TPSA) is 92.3 Å². The monoisotopic (exact) mass is 489 g/mol. The molecule has 2 aromatic carbocycles. The fourth-order valence-corrected chi connectivity index (χ4v) is 4.79. The lowest BCUT2D eigenvalue weighted by atomic mass is 9.82. The van der Waals surface area contributed by atoms with E-state index >= 15 is 0 Å². The number of hydrogen-bond donors (Lipinski definition) is 1. The number of amides is 1. The molecule has 1 fully saturated rings. The van der Waals surface area contributed by atoms with Crippen LogP contribution < -0.4 is 19.5 Å². The molecule has 1 N–H and O–H groups in total. The summed E-state index contributed by atoms with van der Waals surface area (Å²) < 4.78 is 52.5. The first-order valence-electron chi connectivity index (χ1n) is 11.3. The van der Waals surface area contributed by atoms with Crippen LogP contribution in [0.4, 0.5) is 8.78 Å². The molecule has 5 rings (SSSR count). The molecule has 0 radical (unpaired) electrons. The van der Waals surface area contributed by atoms with Crippen LogP contribution in [0.5, 0.6) is 17.2 Å². The minimum Gasteiger partial charge on any atom is -0.492 e. The van der Waals surface area contributed by atoms with Gasteiger partial charge in [-0.15, -0.1) is 8.78 Å². The van der Waals surface area contributed by atoms with Crippen molar-refractivity contribution in [3.63, 3.8) is 0 Å². The van der Waals surface area contributed by atoms with Crippen LogP contribution in [0.1, 0.15) is 54.3 Å². The van der Waals surface area contributed by atoms with Gasteiger partial charge < -0.3 is 29.0 Å². The third-order valence-electron chi connectivity index (χ3n) is 6.67. The number of esters is 1. The Kier molecular flexibility index (Phi) is 5.58. The largest absolute Gasteiger partial charge is 0.586 e. The lowest BCUT2D eigenvalue weighted by Gasteiger charge is -2.36. The average Bonchev–Trinajstić information content (AvgIpc) is 3.31. The molecular weight excluding hydrogens is 464 g/mol. The zero-order chi connectivity index (χ0) is 25.0. The quantitative estimate of drug-likeness (QED) is 0.652. The first kappa shape index (κ1) is 23.3. The summed E-state index contributed by atoms with van der Waals surface area (Å²) in [5, 5.41) is 3.10. The van der Waals surface area contributed by atoms with Crippen molar-refractivity contribution in [1.29, 1.82) is 0 Å². The molecule has 35 heavy (non-hydrogen) atoms. The Bertz CT molecular complexity index is 1170. The SMILES string of the molecule is COC(=O)c1ccc([C@@H]2C[C@H](NC(=O)[C@@]3(C)COc4cc5c(cc43)OC(F)(F)O5)C[C@H](C)O2)cc1. The van der Waals surface area contributed by atoms with Gasteiger partial charge in [-0.05, 0) is 50.5 Å². The summed E-state index contributed by atoms with van der Waals surface area (Å²) in [7, 11) is 1.33. The van der Waals surface area contributed by atoms with Crippen LogP contribution in [0.2, 0.25) is 0 Å². The standard InChI is InChI=1S/C25H25F2NO7/c1-13-8-16(9-18(33-13)14-4-6-15(7-5-14)22(29)31-3)28-23(30)24(2)12-32-19-11-21-20(10-17(19)24)34-25(26,27)35-21/h4-7,10-11,13,16,18H,8-9,12H2,1-3H3,(H,28,30)/t13-,16+,18-,24-/m0/s1. The van der Waals surface area contributed by atoms with Gasteiger partial charge in [-0.25, -0.2) is 4.79 Å². The summed E-state index contributed by atoms with van der Waals surface area (Å²) in [4.78, 5) is 25.1. The second-order valence-electron chi connectivity index (χ2n) is 9.27. The van der Waals surface area contributed by atoms with Gasteiger partial charge in [0.25, 0.3) is 0 Å². The number of methoxy groups -OCH3 is 1. The van der Waals surface area contributed by atoms with Crippen molar-refractivity contribution < 1.29 is 42.1 Å². The number of carbonyl (C=O) groups is 2. The number of carbonyl (C=O) groups excluding carboxylic acids is 2. The first-order chi connectivity index (χ1) is 16.6. The summed E-state index contributed by atoms with van der Waals surface area (Å²) in [6.07, 6.45) is -3.00. The van der Waals surface area contributed by atoms with Crippen molar-refractivity contribution >= 4 is 11.9 Å². The number of ether oxygens (including phenoxy) is 5. The third-order valence-corrected chi connectivity index (χ3v) is 6.67. The number of nitrogens with one attached hydrogen (secondary N) is 1. The number of benzene rings is 2. The molecular formula is C25H25F2NO7. The van der Waals surface area contributed by atoms with E-state index in [-0.39, 0.29) is 42.3 Å². The Morgan fingerprint density at radius 3 is 2.43 bits per heavy atom. The summed E-state index contributed by atoms with van der Waals surface area (Å²) in [6.45, 7) is 3.70. The van der Waals surface area contributed by atoms with E-state index in [4.69, 9.17) is 14.2 Å². The lowest BCUT2D eigenvalue weighted by molar-refractivity contribution is -0.286. The van der Waals surface area contributed by atoms with Crippen LogP contribution in [-0.4, -0.2) is 44.0 Å². The molecule has 0 spiro atoms. The fraction of sp³-hybridized carbons (Fsp3) is 0.440. The highest BCUT2D eigenvalue weighted by atomic mass is 19.3. The molecule has 3 aliphatic rings. The van der Waals surface area contributed by atoms with Crippen LogP contribution in [-0.2, 0) is 19.7 Å². The molecule has 186 valence electrons. The number of halogens is 2. The third kappa shape index (κ3) is 4.27. The van der Waals surface area contributed by atoms with E-state index in [1.54, 1.807) is 19.1 Å². The molecule has 1 amide bonds. The highest BCUT2D eigenvalue weighted by molar-refractivity contribution is 5.90. The summed E-state index contributed by atoms with van der Waals surface area (Å²) in [5.74, 6) is -0.642. The van der Waals surface area contributed by atoms with Gasteiger partial charge in [0.1, 0.15) is 17.8 Å². The van der Waals surface area contributed by atoms with Crippen LogP contribution >= 0.6 is 0 Å². The van der Waals surface area contributed by atoms with Crippen LogP contribution in [0.3, 0.4) is 0 Å². The van der Waals surface area contributed by atoms with Gasteiger partial charge in [-0.2, -0.15) is 0 Å². The average molecular weight is 489 g/mol. The lowest BCUT2D eigenvalue weighted by Crippen LogP contribution is -2.50. The Morgan fingerprint density at radius 1 is 1.06 bits per heavy atom. The number of hydrogen-bond acceptors (Lipinski definition) is 7. The molecule has 3 heterocycles. The molecule has 8 nitrogen and oxygen atoms in total. The van der Waals surface area contributed by atoms with Gasteiger partial charge in [-0.3, -0.25) is 4.79 Å². The molecule has 0 aromatic heterocycles. The van der Waals surface area contributed by atoms with Gasteiger partial charge in [0.15, 0.2) is 11.5 Å². The molecule has 3 aliphatic heterocycles. The fourth-order valence-electron chi connectivity index (χ4n) is 4.79. The number of fused-ring (bicyclic) bond motifs is 2. The van der Waals surface area contributed by atoms with Crippen LogP contribution in [0, 0.1) is 0 Å². The van der Waals surface area contributed by atoms with Gasteiger partial charge in [0, 0.05) is 17.7 Å². The minimum absolute atomic E-state index is 0.0602. The summed E-state index contributed by atoms with van der Waals surface area (Å²) >= 11 is 0. The molecule has 0 bridgehead atoms. The van der Waals surface area contributed by atoms with E-state index < -0.39 is 17.7 Å². The zero-order valence-corrected chi connectivity index (χ0v) is 19.4. The second-order valence-corrected chi connectivity index (χ2v) is 9.27. The van der Waals surface area contributed by atoms with Gasteiger partial charge >= 0.3 is 12.3 Å². The second kappa shape index (κ2) is 8.37. The zero-order valence-electron chi connectivity index (χ0n) is 19.4. The predicted octanol–water partition coefficient (Wildman–Crippen LogP) is 3.87. The van der Waals surface area contributed by atoms with E-state index in [9.17, 15) is 18.4 Å². The van der Waals surface area contributed by atoms with Crippen molar-refractivity contribution in [2.24, 2.45) is 0 Å². The maximum Gasteiger partial charge on any atom is 0.586 e. The molecule has 0 unspecified atom stereocenters. The van der Waals surface area contributed by atoms with E-state index in [2.05, 4.69) is 14.8 Å². The maximum atomic E-state index is 13.5. The highest BCUT2D eigenvalue weighted by Gasteiger charge is 2.49. The van der Waals surface area contributed by atoms with Crippen molar-refractivity contribution in [3.05, 3.63) is 53.1 Å². The Morgan fingerprint density at radius 2 is 1.74 bits per heavy atom. The first-order valence-corrected chi connectivity index (χ1v) is 11.3. The van der Waals surface area contributed by atoms with Crippen LogP contribution in [0.15, 0.2) is 36.4 Å². The maximum absolute atomic E-state index is 13.5. The van der Waals surface area contributed by atoms with E-state index in [0.717, 1.165) is 5.56 Å². The van der Waals surface area contributed by atoms with Gasteiger partial charge in [-0.1, -0.05) is 12.1 Å². The smallest absolute Gasteiger partial charge is 0.492 e. The van der Waals surface area contributed by atoms with E-state index in [0.29, 0.717) is 29.7 Å². The van der Waals surface area contributed by atoms with E-state index in [1.165, 1.54) is 19.2 Å². The van der Waals surface area contributed by atoms with Gasteiger partial charge in [0.2, 0.25) is 5.91 Å². The molecule has 2 aromatic rings. The van der Waals surface area contributed by atoms with Crippen LogP contribution in [0.25, 0.3) is 0 Å². The van der Waals surface area contributed by atoms with E-state index in [1.807, 2.05) is 19.1 Å². The molecule has 4 atom stereocenters. The van der Waals surface area contributed by atoms with Crippen molar-refractivity contribution in [1.82, 2.24) is 5.32 Å². The molecule has 1 saturated heterocycles. The Hall–Kier alpha value is -3.40. The Labute approximate surface area is 200 Å². The molecule has 0 aliphatic carbocycles.